The van der Waals surface area contributed by atoms with Crippen molar-refractivity contribution in [3.05, 3.63) is 29.8 Å². The Balaban J connectivity index is 3.19. The lowest BCUT2D eigenvalue weighted by Gasteiger charge is -2.08. The number of ketones is 1. The van der Waals surface area contributed by atoms with E-state index in [9.17, 15) is 21.9 Å². The lowest BCUT2D eigenvalue weighted by atomic mass is 9.95. The third-order valence-corrected chi connectivity index (χ3v) is 3.24. The predicted octanol–water partition coefficient (Wildman–Crippen LogP) is 1.64. The van der Waals surface area contributed by atoms with Crippen LogP contribution >= 0.6 is 0 Å². The number of halogens is 1. The van der Waals surface area contributed by atoms with Gasteiger partial charge in [-0.1, -0.05) is 19.1 Å². The first-order chi connectivity index (χ1) is 8.27. The number of carbonyl (C=O) groups is 2. The molecule has 0 saturated carbocycles. The highest BCUT2D eigenvalue weighted by molar-refractivity contribution is 7.86. The van der Waals surface area contributed by atoms with Gasteiger partial charge in [0.25, 0.3) is 0 Å². The van der Waals surface area contributed by atoms with Gasteiger partial charge in [0.05, 0.1) is 4.90 Å². The van der Waals surface area contributed by atoms with Crippen LogP contribution in [0.1, 0.15) is 23.7 Å². The van der Waals surface area contributed by atoms with Crippen LogP contribution in [0.25, 0.3) is 0 Å². The number of carbonyl (C=O) groups excluding carboxylic acids is 1. The Kier molecular flexibility index (Phi) is 4.18. The van der Waals surface area contributed by atoms with E-state index in [1.165, 1.54) is 19.1 Å². The van der Waals surface area contributed by atoms with Crippen molar-refractivity contribution in [3.63, 3.8) is 0 Å². The van der Waals surface area contributed by atoms with Gasteiger partial charge in [0.2, 0.25) is 0 Å². The van der Waals surface area contributed by atoms with E-state index in [2.05, 4.69) is 0 Å². The van der Waals surface area contributed by atoms with E-state index in [1.54, 1.807) is 0 Å². The molecule has 0 bridgehead atoms. The average molecular weight is 274 g/mol. The highest BCUT2D eigenvalue weighted by atomic mass is 32.3. The fraction of sp³-hybridized carbons (Fsp3) is 0.273. The van der Waals surface area contributed by atoms with Gasteiger partial charge in [0.15, 0.2) is 5.78 Å². The summed E-state index contributed by atoms with van der Waals surface area (Å²) >= 11 is 0. The van der Waals surface area contributed by atoms with Gasteiger partial charge in [-0.15, -0.1) is 3.89 Å². The fourth-order valence-electron chi connectivity index (χ4n) is 1.47. The van der Waals surface area contributed by atoms with E-state index < -0.39 is 32.8 Å². The number of Topliss-reactive ketones (excluding diaryl/α,β-unsaturated/α-hetero) is 1. The molecule has 0 heterocycles. The van der Waals surface area contributed by atoms with Crippen molar-refractivity contribution in [1.82, 2.24) is 0 Å². The summed E-state index contributed by atoms with van der Waals surface area (Å²) in [6, 6.07) is 4.27. The minimum Gasteiger partial charge on any atom is -0.481 e. The van der Waals surface area contributed by atoms with Crippen LogP contribution in [0.15, 0.2) is 29.2 Å². The highest BCUT2D eigenvalue weighted by Crippen LogP contribution is 2.18. The minimum atomic E-state index is -4.91. The normalized spacial score (nSPS) is 13.0. The van der Waals surface area contributed by atoms with E-state index in [1.807, 2.05) is 0 Å². The number of hydrogen-bond acceptors (Lipinski definition) is 4. The van der Waals surface area contributed by atoms with Crippen molar-refractivity contribution >= 4 is 22.0 Å². The molecule has 1 atom stereocenters. The molecule has 0 saturated heterocycles. The minimum absolute atomic E-state index is 0.0702. The molecular weight excluding hydrogens is 263 g/mol. The Morgan fingerprint density at radius 1 is 1.39 bits per heavy atom. The Morgan fingerprint density at radius 3 is 2.44 bits per heavy atom. The number of benzene rings is 1. The van der Waals surface area contributed by atoms with Crippen molar-refractivity contribution in [2.75, 3.05) is 0 Å². The largest absolute Gasteiger partial charge is 0.481 e. The molecule has 0 aliphatic heterocycles. The molecule has 1 unspecified atom stereocenters. The van der Waals surface area contributed by atoms with Gasteiger partial charge in [-0.25, -0.2) is 0 Å². The molecule has 0 aromatic heterocycles. The molecule has 1 aromatic rings. The topological polar surface area (TPSA) is 88.5 Å². The van der Waals surface area contributed by atoms with E-state index >= 15 is 0 Å². The zero-order valence-electron chi connectivity index (χ0n) is 9.46. The third kappa shape index (κ3) is 3.13. The van der Waals surface area contributed by atoms with Crippen LogP contribution in [0.4, 0.5) is 3.89 Å². The maximum absolute atomic E-state index is 12.8. The Labute approximate surface area is 103 Å². The number of hydrogen-bond donors (Lipinski definition) is 1. The second kappa shape index (κ2) is 5.26. The standard InChI is InChI=1S/C11H11FO5S/c1-2-9(11(14)15)10(13)7-4-3-5-8(6-7)18(12,16)17/h3-6,9H,2H2,1H3,(H,14,15). The summed E-state index contributed by atoms with van der Waals surface area (Å²) in [4.78, 5) is 22.0. The number of rotatable bonds is 5. The summed E-state index contributed by atoms with van der Waals surface area (Å²) < 4.78 is 34.1. The van der Waals surface area contributed by atoms with Crippen molar-refractivity contribution in [1.29, 1.82) is 0 Å². The van der Waals surface area contributed by atoms with Gasteiger partial charge in [0, 0.05) is 5.56 Å². The van der Waals surface area contributed by atoms with Crippen molar-refractivity contribution in [3.8, 4) is 0 Å². The molecule has 0 amide bonds. The SMILES string of the molecule is CCC(C(=O)O)C(=O)c1cccc(S(=O)(=O)F)c1. The molecule has 5 nitrogen and oxygen atoms in total. The predicted molar refractivity (Wildman–Crippen MR) is 60.5 cm³/mol. The van der Waals surface area contributed by atoms with Crippen LogP contribution in [0.3, 0.4) is 0 Å². The Morgan fingerprint density at radius 2 is 2.00 bits per heavy atom. The van der Waals surface area contributed by atoms with Gasteiger partial charge in [0.1, 0.15) is 5.92 Å². The molecule has 7 heteroatoms. The summed E-state index contributed by atoms with van der Waals surface area (Å²) in [7, 11) is -4.91. The lowest BCUT2D eigenvalue weighted by Crippen LogP contribution is -2.23. The molecule has 1 rings (SSSR count). The van der Waals surface area contributed by atoms with Gasteiger partial charge in [-0.2, -0.15) is 8.42 Å². The van der Waals surface area contributed by atoms with Gasteiger partial charge < -0.3 is 5.11 Å². The second-order valence-corrected chi connectivity index (χ2v) is 4.98. The average Bonchev–Trinajstić information content (AvgIpc) is 2.28. The molecule has 0 aliphatic rings. The summed E-state index contributed by atoms with van der Waals surface area (Å²) in [5.41, 5.74) is -0.136. The van der Waals surface area contributed by atoms with Gasteiger partial charge in [-0.3, -0.25) is 9.59 Å². The van der Waals surface area contributed by atoms with Crippen LogP contribution in [0.2, 0.25) is 0 Å². The number of aliphatic carboxylic acids is 1. The summed E-state index contributed by atoms with van der Waals surface area (Å²) in [5, 5.41) is 8.82. The first-order valence-corrected chi connectivity index (χ1v) is 6.47. The molecule has 98 valence electrons. The van der Waals surface area contributed by atoms with Gasteiger partial charge >= 0.3 is 16.2 Å². The van der Waals surface area contributed by atoms with Crippen LogP contribution in [0, 0.1) is 5.92 Å². The van der Waals surface area contributed by atoms with Crippen molar-refractivity contribution in [2.24, 2.45) is 5.92 Å². The van der Waals surface area contributed by atoms with Crippen LogP contribution in [-0.2, 0) is 15.0 Å². The van der Waals surface area contributed by atoms with E-state index in [0.29, 0.717) is 0 Å². The zero-order chi connectivity index (χ0) is 13.9. The Hall–Kier alpha value is -1.76. The molecule has 0 fully saturated rings. The summed E-state index contributed by atoms with van der Waals surface area (Å²) in [6.07, 6.45) is 0.0702. The highest BCUT2D eigenvalue weighted by Gasteiger charge is 2.26. The molecular formula is C11H11FO5S. The quantitative estimate of drug-likeness (QED) is 0.501. The molecule has 18 heavy (non-hydrogen) atoms. The van der Waals surface area contributed by atoms with Crippen molar-refractivity contribution in [2.45, 2.75) is 18.2 Å². The summed E-state index contributed by atoms with van der Waals surface area (Å²) in [5.74, 6) is -3.30. The number of carboxylic acid groups (broad SMARTS) is 1. The monoisotopic (exact) mass is 274 g/mol. The smallest absolute Gasteiger partial charge is 0.332 e. The molecule has 1 aromatic carbocycles. The molecule has 0 spiro atoms. The molecule has 0 aliphatic carbocycles. The van der Waals surface area contributed by atoms with Crippen LogP contribution in [0.5, 0.6) is 0 Å². The van der Waals surface area contributed by atoms with E-state index in [-0.39, 0.29) is 12.0 Å². The first-order valence-electron chi connectivity index (χ1n) is 5.09. The Bertz CT molecular complexity index is 579. The van der Waals surface area contributed by atoms with Crippen LogP contribution < -0.4 is 0 Å². The third-order valence-electron chi connectivity index (χ3n) is 2.42. The van der Waals surface area contributed by atoms with E-state index in [4.69, 9.17) is 5.11 Å². The maximum Gasteiger partial charge on any atom is 0.332 e. The summed E-state index contributed by atoms with van der Waals surface area (Å²) in [6.45, 7) is 1.52. The molecule has 0 radical (unpaired) electrons. The van der Waals surface area contributed by atoms with Gasteiger partial charge in [-0.05, 0) is 18.6 Å². The first kappa shape index (κ1) is 14.3. The van der Waals surface area contributed by atoms with Crippen molar-refractivity contribution < 1.29 is 27.0 Å². The number of carboxylic acids is 1. The fourth-order valence-corrected chi connectivity index (χ4v) is 1.98. The maximum atomic E-state index is 12.8. The second-order valence-electron chi connectivity index (χ2n) is 3.63. The lowest BCUT2D eigenvalue weighted by molar-refractivity contribution is -0.140. The zero-order valence-corrected chi connectivity index (χ0v) is 10.3. The molecule has 1 N–H and O–H groups in total. The van der Waals surface area contributed by atoms with E-state index in [0.717, 1.165) is 12.1 Å². The van der Waals surface area contributed by atoms with Crippen LogP contribution in [-0.4, -0.2) is 25.3 Å².